The van der Waals surface area contributed by atoms with Crippen LogP contribution in [-0.4, -0.2) is 58.9 Å². The molecule has 148 valence electrons. The highest BCUT2D eigenvalue weighted by Gasteiger charge is 2.40. The van der Waals surface area contributed by atoms with Crippen LogP contribution in [0.3, 0.4) is 0 Å². The van der Waals surface area contributed by atoms with Crippen molar-refractivity contribution >= 4 is 29.5 Å². The maximum atomic E-state index is 13.0. The molecule has 1 fully saturated rings. The fourth-order valence-corrected chi connectivity index (χ4v) is 3.81. The van der Waals surface area contributed by atoms with E-state index in [4.69, 9.17) is 0 Å². The van der Waals surface area contributed by atoms with Crippen molar-refractivity contribution in [2.45, 2.75) is 38.6 Å². The predicted molar refractivity (Wildman–Crippen MR) is 107 cm³/mol. The molecule has 0 spiro atoms. The Hall–Kier alpha value is -2.02. The summed E-state index contributed by atoms with van der Waals surface area (Å²) in [7, 11) is 0. The van der Waals surface area contributed by atoms with Gasteiger partial charge in [0, 0.05) is 13.1 Å². The quantitative estimate of drug-likeness (QED) is 0.708. The molecular weight excluding hydrogens is 364 g/mol. The lowest BCUT2D eigenvalue weighted by Gasteiger charge is -2.39. The first-order valence-corrected chi connectivity index (χ1v) is 10.6. The number of nitrogens with zero attached hydrogens (tertiary/aromatic N) is 1. The van der Waals surface area contributed by atoms with Crippen LogP contribution in [0.1, 0.15) is 31.7 Å². The molecule has 0 aromatic heterocycles. The van der Waals surface area contributed by atoms with Gasteiger partial charge in [-0.05, 0) is 43.8 Å². The van der Waals surface area contributed by atoms with Gasteiger partial charge in [0.2, 0.25) is 11.8 Å². The van der Waals surface area contributed by atoms with E-state index < -0.39 is 17.4 Å². The first-order chi connectivity index (χ1) is 12.9. The Morgan fingerprint density at radius 1 is 1.30 bits per heavy atom. The van der Waals surface area contributed by atoms with Gasteiger partial charge in [0.05, 0.1) is 11.8 Å². The van der Waals surface area contributed by atoms with Crippen LogP contribution in [0.2, 0.25) is 0 Å². The van der Waals surface area contributed by atoms with Gasteiger partial charge in [-0.25, -0.2) is 0 Å². The van der Waals surface area contributed by atoms with Gasteiger partial charge >= 0.3 is 5.97 Å². The molecule has 1 aliphatic heterocycles. The molecule has 2 N–H and O–H groups in total. The van der Waals surface area contributed by atoms with Gasteiger partial charge in [-0.15, -0.1) is 0 Å². The predicted octanol–water partition coefficient (Wildman–Crippen LogP) is 2.18. The van der Waals surface area contributed by atoms with Gasteiger partial charge in [-0.2, -0.15) is 11.8 Å². The first-order valence-electron chi connectivity index (χ1n) is 9.20. The highest BCUT2D eigenvalue weighted by molar-refractivity contribution is 7.98. The molecule has 1 aromatic rings. The molecule has 27 heavy (non-hydrogen) atoms. The molecule has 7 heteroatoms. The van der Waals surface area contributed by atoms with E-state index in [1.807, 2.05) is 36.6 Å². The number of hydrogen-bond acceptors (Lipinski definition) is 4. The monoisotopic (exact) mass is 392 g/mol. The molecule has 1 aliphatic rings. The standard InChI is InChI=1S/C20H28N2O4S/c1-20(19(25)26)10-6-11-22(14-20)18(24)16(9-12-27-2)21-17(23)13-15-7-4-3-5-8-15/h3-5,7-8,16H,6,9-14H2,1-2H3,(H,21,23)(H,25,26). The van der Waals surface area contributed by atoms with E-state index in [0.717, 1.165) is 11.3 Å². The molecule has 1 heterocycles. The molecule has 0 aliphatic carbocycles. The van der Waals surface area contributed by atoms with Crippen LogP contribution in [0, 0.1) is 5.41 Å². The summed E-state index contributed by atoms with van der Waals surface area (Å²) < 4.78 is 0. The summed E-state index contributed by atoms with van der Waals surface area (Å²) in [6, 6.07) is 8.77. The smallest absolute Gasteiger partial charge is 0.311 e. The zero-order valence-corrected chi connectivity index (χ0v) is 16.8. The number of thioether (sulfide) groups is 1. The molecule has 1 saturated heterocycles. The fraction of sp³-hybridized carbons (Fsp3) is 0.550. The van der Waals surface area contributed by atoms with Gasteiger partial charge < -0.3 is 15.3 Å². The van der Waals surface area contributed by atoms with Crippen molar-refractivity contribution in [1.82, 2.24) is 10.2 Å². The lowest BCUT2D eigenvalue weighted by atomic mass is 9.82. The Bertz CT molecular complexity index is 667. The highest BCUT2D eigenvalue weighted by Crippen LogP contribution is 2.30. The number of benzene rings is 1. The number of nitrogens with one attached hydrogen (secondary N) is 1. The third-order valence-electron chi connectivity index (χ3n) is 4.98. The normalized spacial score (nSPS) is 20.7. The minimum absolute atomic E-state index is 0.183. The summed E-state index contributed by atoms with van der Waals surface area (Å²) >= 11 is 1.61. The molecule has 0 bridgehead atoms. The zero-order chi connectivity index (χ0) is 19.9. The fourth-order valence-electron chi connectivity index (χ4n) is 3.34. The highest BCUT2D eigenvalue weighted by atomic mass is 32.2. The number of hydrogen-bond donors (Lipinski definition) is 2. The third kappa shape index (κ3) is 5.99. The molecule has 2 rings (SSSR count). The number of piperidine rings is 1. The molecule has 0 radical (unpaired) electrons. The summed E-state index contributed by atoms with van der Waals surface area (Å²) in [6.45, 7) is 2.40. The van der Waals surface area contributed by atoms with Crippen LogP contribution in [0.15, 0.2) is 30.3 Å². The van der Waals surface area contributed by atoms with Crippen LogP contribution in [0.25, 0.3) is 0 Å². The summed E-state index contributed by atoms with van der Waals surface area (Å²) in [5, 5.41) is 12.3. The van der Waals surface area contributed by atoms with E-state index in [9.17, 15) is 19.5 Å². The Labute approximate surface area is 164 Å². The second-order valence-electron chi connectivity index (χ2n) is 7.29. The lowest BCUT2D eigenvalue weighted by Crippen LogP contribution is -2.55. The number of aliphatic carboxylic acids is 1. The maximum Gasteiger partial charge on any atom is 0.311 e. The van der Waals surface area contributed by atoms with E-state index in [0.29, 0.717) is 25.8 Å². The largest absolute Gasteiger partial charge is 0.481 e. The Kier molecular flexibility index (Phi) is 7.71. The Morgan fingerprint density at radius 3 is 2.63 bits per heavy atom. The van der Waals surface area contributed by atoms with Crippen molar-refractivity contribution in [3.63, 3.8) is 0 Å². The van der Waals surface area contributed by atoms with E-state index in [2.05, 4.69) is 5.32 Å². The molecule has 6 nitrogen and oxygen atoms in total. The number of likely N-dealkylation sites (tertiary alicyclic amines) is 1. The summed E-state index contributed by atoms with van der Waals surface area (Å²) in [5.74, 6) is -0.517. The van der Waals surface area contributed by atoms with Crippen LogP contribution in [-0.2, 0) is 20.8 Å². The topological polar surface area (TPSA) is 86.7 Å². The molecule has 1 aromatic carbocycles. The average Bonchev–Trinajstić information content (AvgIpc) is 2.65. The van der Waals surface area contributed by atoms with Crippen molar-refractivity contribution in [2.75, 3.05) is 25.1 Å². The second kappa shape index (κ2) is 9.78. The summed E-state index contributed by atoms with van der Waals surface area (Å²) in [6.07, 6.45) is 3.91. The van der Waals surface area contributed by atoms with Gasteiger partial charge in [-0.1, -0.05) is 30.3 Å². The minimum atomic E-state index is -0.925. The summed E-state index contributed by atoms with van der Waals surface area (Å²) in [5.41, 5.74) is -0.0334. The Morgan fingerprint density at radius 2 is 2.00 bits per heavy atom. The minimum Gasteiger partial charge on any atom is -0.481 e. The van der Waals surface area contributed by atoms with Crippen LogP contribution in [0.5, 0.6) is 0 Å². The van der Waals surface area contributed by atoms with E-state index >= 15 is 0 Å². The third-order valence-corrected chi connectivity index (χ3v) is 5.62. The molecule has 2 atom stereocenters. The lowest BCUT2D eigenvalue weighted by molar-refractivity contribution is -0.154. The number of carboxylic acids is 1. The van der Waals surface area contributed by atoms with Gasteiger partial charge in [-0.3, -0.25) is 14.4 Å². The number of carbonyl (C=O) groups is 3. The van der Waals surface area contributed by atoms with E-state index in [1.54, 1.807) is 23.6 Å². The molecule has 0 saturated carbocycles. The van der Waals surface area contributed by atoms with Gasteiger partial charge in [0.15, 0.2) is 0 Å². The number of carboxylic acid groups (broad SMARTS) is 1. The average molecular weight is 393 g/mol. The van der Waals surface area contributed by atoms with E-state index in [1.165, 1.54) is 0 Å². The molecule has 2 unspecified atom stereocenters. The van der Waals surface area contributed by atoms with Crippen LogP contribution < -0.4 is 5.32 Å². The van der Waals surface area contributed by atoms with Crippen molar-refractivity contribution in [3.05, 3.63) is 35.9 Å². The van der Waals surface area contributed by atoms with Crippen LogP contribution >= 0.6 is 11.8 Å². The van der Waals surface area contributed by atoms with Gasteiger partial charge in [0.25, 0.3) is 0 Å². The SMILES string of the molecule is CSCCC(NC(=O)Cc1ccccc1)C(=O)N1CCCC(C)(C(=O)O)C1. The first kappa shape index (κ1) is 21.3. The van der Waals surface area contributed by atoms with Gasteiger partial charge in [0.1, 0.15) is 6.04 Å². The molecule has 2 amide bonds. The van der Waals surface area contributed by atoms with Crippen molar-refractivity contribution in [2.24, 2.45) is 5.41 Å². The molecular formula is C20H28N2O4S. The van der Waals surface area contributed by atoms with Crippen molar-refractivity contribution < 1.29 is 19.5 Å². The number of amides is 2. The zero-order valence-electron chi connectivity index (χ0n) is 15.9. The number of carbonyl (C=O) groups excluding carboxylic acids is 2. The number of rotatable bonds is 8. The van der Waals surface area contributed by atoms with Crippen molar-refractivity contribution in [1.29, 1.82) is 0 Å². The second-order valence-corrected chi connectivity index (χ2v) is 8.28. The maximum absolute atomic E-state index is 13.0. The summed E-state index contributed by atoms with van der Waals surface area (Å²) in [4.78, 5) is 38.6. The van der Waals surface area contributed by atoms with Crippen molar-refractivity contribution in [3.8, 4) is 0 Å². The van der Waals surface area contributed by atoms with Crippen LogP contribution in [0.4, 0.5) is 0 Å². The van der Waals surface area contributed by atoms with E-state index in [-0.39, 0.29) is 24.8 Å². The Balaban J connectivity index is 2.04.